The topological polar surface area (TPSA) is 70.5 Å². The maximum atomic E-state index is 6.67. The molecule has 0 heterocycles. The molecule has 0 spiro atoms. The van der Waals surface area contributed by atoms with Crippen molar-refractivity contribution in [3.63, 3.8) is 0 Å². The van der Waals surface area contributed by atoms with Gasteiger partial charge in [-0.1, -0.05) is 58.4 Å². The van der Waals surface area contributed by atoms with E-state index in [1.54, 1.807) is 7.11 Å². The van der Waals surface area contributed by atoms with E-state index in [0.29, 0.717) is 19.1 Å². The normalized spacial score (nSPS) is 24.1. The van der Waals surface area contributed by atoms with Crippen molar-refractivity contribution in [1.29, 1.82) is 0 Å². The second kappa shape index (κ2) is 10.4. The highest BCUT2D eigenvalue weighted by atomic mass is 79.9. The van der Waals surface area contributed by atoms with Gasteiger partial charge < -0.3 is 20.9 Å². The molecule has 3 atom stereocenters. The molecule has 0 aromatic heterocycles. The average molecular weight is 423 g/mol. The Hall–Kier alpha value is -0.980. The molecule has 0 saturated carbocycles. The van der Waals surface area contributed by atoms with Crippen LogP contribution in [0.1, 0.15) is 31.7 Å². The van der Waals surface area contributed by atoms with Crippen LogP contribution in [0.5, 0.6) is 0 Å². The molecular weight excluding hydrogens is 392 g/mol. The summed E-state index contributed by atoms with van der Waals surface area (Å²) in [7, 11) is 1.73. The molecule has 0 saturated heterocycles. The highest BCUT2D eigenvalue weighted by Gasteiger charge is 2.36. The summed E-state index contributed by atoms with van der Waals surface area (Å²) in [5.41, 5.74) is 14.9. The third-order valence-electron chi connectivity index (χ3n) is 5.12. The van der Waals surface area contributed by atoms with Crippen molar-refractivity contribution in [2.24, 2.45) is 17.4 Å². The van der Waals surface area contributed by atoms with E-state index in [4.69, 9.17) is 20.9 Å². The second-order valence-corrected chi connectivity index (χ2v) is 7.99. The van der Waals surface area contributed by atoms with Crippen LogP contribution in [0.4, 0.5) is 0 Å². The molecule has 0 bridgehead atoms. The van der Waals surface area contributed by atoms with Crippen LogP contribution in [0.15, 0.2) is 52.5 Å². The maximum Gasteiger partial charge on any atom is 0.0716 e. The molecule has 4 N–H and O–H groups in total. The van der Waals surface area contributed by atoms with Gasteiger partial charge in [0, 0.05) is 30.8 Å². The maximum absolute atomic E-state index is 6.67. The zero-order valence-corrected chi connectivity index (χ0v) is 17.4. The van der Waals surface area contributed by atoms with E-state index in [9.17, 15) is 0 Å². The standard InChI is InChI=1S/C21H31BrN2O2/c1-16-19(22)8-11-21(24,20(16)23)14-17(9-12-25-2)10-13-26-15-18-6-4-3-5-7-18/h3-8,11,17,20H,9-10,12-15,23-24H2,1-2H3. The number of hydrogen-bond acceptors (Lipinski definition) is 4. The zero-order chi connectivity index (χ0) is 19.0. The molecule has 26 heavy (non-hydrogen) atoms. The molecular formula is C21H31BrN2O2. The average Bonchev–Trinajstić information content (AvgIpc) is 2.65. The van der Waals surface area contributed by atoms with E-state index >= 15 is 0 Å². The fourth-order valence-electron chi connectivity index (χ4n) is 3.36. The minimum Gasteiger partial charge on any atom is -0.385 e. The molecule has 144 valence electrons. The molecule has 5 heteroatoms. The first kappa shape index (κ1) is 21.3. The van der Waals surface area contributed by atoms with Gasteiger partial charge in [-0.05, 0) is 43.2 Å². The van der Waals surface area contributed by atoms with E-state index in [1.165, 1.54) is 5.56 Å². The quantitative estimate of drug-likeness (QED) is 0.560. The SMILES string of the molecule is COCCC(CCOCc1ccccc1)CC1(N)C=CC(Br)=C(C)C1N. The van der Waals surface area contributed by atoms with E-state index in [0.717, 1.165) is 35.9 Å². The monoisotopic (exact) mass is 422 g/mol. The highest BCUT2D eigenvalue weighted by molar-refractivity contribution is 9.11. The van der Waals surface area contributed by atoms with E-state index in [1.807, 2.05) is 37.3 Å². The first-order valence-corrected chi connectivity index (χ1v) is 9.96. The minimum absolute atomic E-state index is 0.183. The summed E-state index contributed by atoms with van der Waals surface area (Å²) in [5, 5.41) is 0. The number of nitrogens with two attached hydrogens (primary N) is 2. The Bertz CT molecular complexity index is 618. The van der Waals surface area contributed by atoms with Crippen molar-refractivity contribution in [2.75, 3.05) is 20.3 Å². The van der Waals surface area contributed by atoms with Crippen LogP contribution in [-0.4, -0.2) is 31.9 Å². The summed E-state index contributed by atoms with van der Waals surface area (Å²) < 4.78 is 12.2. The van der Waals surface area contributed by atoms with Crippen molar-refractivity contribution in [3.8, 4) is 0 Å². The van der Waals surface area contributed by atoms with Gasteiger partial charge in [-0.25, -0.2) is 0 Å². The lowest BCUT2D eigenvalue weighted by atomic mass is 9.75. The zero-order valence-electron chi connectivity index (χ0n) is 15.8. The molecule has 1 aliphatic rings. The van der Waals surface area contributed by atoms with Gasteiger partial charge in [0.25, 0.3) is 0 Å². The number of hydrogen-bond donors (Lipinski definition) is 2. The molecule has 0 aliphatic heterocycles. The number of rotatable bonds is 10. The number of ether oxygens (including phenoxy) is 2. The van der Waals surface area contributed by atoms with Gasteiger partial charge in [0.05, 0.1) is 12.1 Å². The Balaban J connectivity index is 1.89. The molecule has 0 radical (unpaired) electrons. The van der Waals surface area contributed by atoms with Crippen LogP contribution in [0.2, 0.25) is 0 Å². The smallest absolute Gasteiger partial charge is 0.0716 e. The summed E-state index contributed by atoms with van der Waals surface area (Å²) in [4.78, 5) is 0. The van der Waals surface area contributed by atoms with Gasteiger partial charge in [-0.3, -0.25) is 0 Å². The van der Waals surface area contributed by atoms with Gasteiger partial charge in [0.1, 0.15) is 0 Å². The summed E-state index contributed by atoms with van der Waals surface area (Å²) in [6.07, 6.45) is 6.78. The molecule has 0 fully saturated rings. The molecule has 1 aromatic rings. The van der Waals surface area contributed by atoms with Gasteiger partial charge >= 0.3 is 0 Å². The third kappa shape index (κ3) is 6.03. The molecule has 0 amide bonds. The van der Waals surface area contributed by atoms with Crippen molar-refractivity contribution in [1.82, 2.24) is 0 Å². The van der Waals surface area contributed by atoms with E-state index in [2.05, 4.69) is 28.1 Å². The fraction of sp³-hybridized carbons (Fsp3) is 0.524. The van der Waals surface area contributed by atoms with Crippen molar-refractivity contribution < 1.29 is 9.47 Å². The molecule has 3 unspecified atom stereocenters. The van der Waals surface area contributed by atoms with E-state index in [-0.39, 0.29) is 6.04 Å². The van der Waals surface area contributed by atoms with Crippen LogP contribution >= 0.6 is 15.9 Å². The van der Waals surface area contributed by atoms with Gasteiger partial charge in [-0.2, -0.15) is 0 Å². The number of halogens is 1. The predicted octanol–water partition coefficient (Wildman–Crippen LogP) is 3.90. The van der Waals surface area contributed by atoms with Crippen LogP contribution in [0.25, 0.3) is 0 Å². The third-order valence-corrected chi connectivity index (χ3v) is 6.01. The predicted molar refractivity (Wildman–Crippen MR) is 111 cm³/mol. The van der Waals surface area contributed by atoms with Gasteiger partial charge in [0.15, 0.2) is 0 Å². The first-order chi connectivity index (χ1) is 12.5. The van der Waals surface area contributed by atoms with E-state index < -0.39 is 5.54 Å². The van der Waals surface area contributed by atoms with Gasteiger partial charge in [-0.15, -0.1) is 0 Å². The van der Waals surface area contributed by atoms with Crippen molar-refractivity contribution in [2.45, 2.75) is 44.4 Å². The Labute approximate surface area is 165 Å². The first-order valence-electron chi connectivity index (χ1n) is 9.17. The Kier molecular flexibility index (Phi) is 8.51. The van der Waals surface area contributed by atoms with Crippen LogP contribution in [0.3, 0.4) is 0 Å². The molecule has 4 nitrogen and oxygen atoms in total. The lowest BCUT2D eigenvalue weighted by molar-refractivity contribution is 0.0933. The molecule has 1 aromatic carbocycles. The summed E-state index contributed by atoms with van der Waals surface area (Å²) in [6, 6.07) is 10.1. The van der Waals surface area contributed by atoms with Crippen LogP contribution < -0.4 is 11.5 Å². The fourth-order valence-corrected chi connectivity index (χ4v) is 3.74. The highest BCUT2D eigenvalue weighted by Crippen LogP contribution is 2.33. The van der Waals surface area contributed by atoms with Crippen LogP contribution in [0, 0.1) is 5.92 Å². The lowest BCUT2D eigenvalue weighted by Crippen LogP contribution is -2.56. The largest absolute Gasteiger partial charge is 0.385 e. The van der Waals surface area contributed by atoms with Crippen molar-refractivity contribution >= 4 is 15.9 Å². The number of allylic oxidation sites excluding steroid dienone is 2. The summed E-state index contributed by atoms with van der Waals surface area (Å²) in [5.74, 6) is 0.399. The Morgan fingerprint density at radius 2 is 1.88 bits per heavy atom. The molecule has 2 rings (SSSR count). The number of benzene rings is 1. The summed E-state index contributed by atoms with van der Waals surface area (Å²) >= 11 is 3.54. The Morgan fingerprint density at radius 3 is 2.58 bits per heavy atom. The number of methoxy groups -OCH3 is 1. The van der Waals surface area contributed by atoms with Crippen molar-refractivity contribution in [3.05, 3.63) is 58.1 Å². The molecule has 1 aliphatic carbocycles. The lowest BCUT2D eigenvalue weighted by Gasteiger charge is -2.39. The summed E-state index contributed by atoms with van der Waals surface area (Å²) in [6.45, 7) is 4.10. The minimum atomic E-state index is -0.529. The Morgan fingerprint density at radius 1 is 1.19 bits per heavy atom. The van der Waals surface area contributed by atoms with Crippen LogP contribution in [-0.2, 0) is 16.1 Å². The van der Waals surface area contributed by atoms with Gasteiger partial charge in [0.2, 0.25) is 0 Å². The second-order valence-electron chi connectivity index (χ2n) is 7.13.